The number of hydrogen-bond donors (Lipinski definition) is 1. The second-order valence-corrected chi connectivity index (χ2v) is 4.38. The van der Waals surface area contributed by atoms with Crippen LogP contribution in [-0.2, 0) is 13.1 Å². The minimum Gasteiger partial charge on any atom is -0.366 e. The summed E-state index contributed by atoms with van der Waals surface area (Å²) >= 11 is 0. The highest BCUT2D eigenvalue weighted by molar-refractivity contribution is 5.85. The Morgan fingerprint density at radius 1 is 1.37 bits per heavy atom. The molecule has 19 heavy (non-hydrogen) atoms. The molecule has 2 heterocycles. The summed E-state index contributed by atoms with van der Waals surface area (Å²) in [5, 5.41) is 11.4. The van der Waals surface area contributed by atoms with Crippen LogP contribution in [-0.4, -0.2) is 19.6 Å². The van der Waals surface area contributed by atoms with E-state index in [4.69, 9.17) is 0 Å². The molecule has 0 radical (unpaired) electrons. The van der Waals surface area contributed by atoms with Crippen molar-refractivity contribution in [3.8, 4) is 0 Å². The van der Waals surface area contributed by atoms with E-state index in [9.17, 15) is 4.39 Å². The van der Waals surface area contributed by atoms with Crippen molar-refractivity contribution < 1.29 is 4.39 Å². The molecule has 0 saturated heterocycles. The molecule has 0 amide bonds. The summed E-state index contributed by atoms with van der Waals surface area (Å²) in [7, 11) is 0. The number of rotatable bonds is 5. The van der Waals surface area contributed by atoms with E-state index >= 15 is 0 Å². The number of halogens is 2. The maximum atomic E-state index is 13.8. The molecule has 0 unspecified atom stereocenters. The molecule has 0 aliphatic rings. The van der Waals surface area contributed by atoms with Crippen LogP contribution in [0.2, 0.25) is 0 Å². The van der Waals surface area contributed by atoms with Gasteiger partial charge >= 0.3 is 0 Å². The van der Waals surface area contributed by atoms with E-state index < -0.39 is 0 Å². The Labute approximate surface area is 118 Å². The zero-order valence-corrected chi connectivity index (χ0v) is 12.1. The van der Waals surface area contributed by atoms with Gasteiger partial charge in [0.2, 0.25) is 5.95 Å². The lowest BCUT2D eigenvalue weighted by molar-refractivity contribution is 0.465. The second-order valence-electron chi connectivity index (χ2n) is 4.38. The molecule has 0 atom stereocenters. The zero-order chi connectivity index (χ0) is 13.1. The lowest BCUT2D eigenvalue weighted by Crippen LogP contribution is -2.10. The van der Waals surface area contributed by atoms with Crippen molar-refractivity contribution in [1.82, 2.24) is 19.6 Å². The van der Waals surface area contributed by atoms with E-state index in [2.05, 4.69) is 15.5 Å². The van der Waals surface area contributed by atoms with Crippen LogP contribution < -0.4 is 5.32 Å². The molecule has 7 heteroatoms. The molecule has 0 fully saturated rings. The fourth-order valence-electron chi connectivity index (χ4n) is 1.80. The normalized spacial score (nSPS) is 10.6. The first-order valence-corrected chi connectivity index (χ1v) is 6.11. The van der Waals surface area contributed by atoms with Crippen LogP contribution >= 0.6 is 12.4 Å². The minimum atomic E-state index is -0.277. The van der Waals surface area contributed by atoms with Crippen molar-refractivity contribution in [2.75, 3.05) is 5.32 Å². The fourth-order valence-corrected chi connectivity index (χ4v) is 1.80. The van der Waals surface area contributed by atoms with Gasteiger partial charge in [0.1, 0.15) is 5.82 Å². The van der Waals surface area contributed by atoms with Gasteiger partial charge in [-0.3, -0.25) is 0 Å². The highest BCUT2D eigenvalue weighted by Gasteiger charge is 2.10. The van der Waals surface area contributed by atoms with Gasteiger partial charge in [0.25, 0.3) is 0 Å². The van der Waals surface area contributed by atoms with Gasteiger partial charge in [-0.05, 0) is 20.8 Å². The van der Waals surface area contributed by atoms with Gasteiger partial charge in [0, 0.05) is 30.8 Å². The summed E-state index contributed by atoms with van der Waals surface area (Å²) in [5.74, 6) is 0.606. The van der Waals surface area contributed by atoms with Crippen LogP contribution in [0.1, 0.15) is 32.4 Å². The van der Waals surface area contributed by atoms with Crippen LogP contribution in [0.4, 0.5) is 10.2 Å². The van der Waals surface area contributed by atoms with Gasteiger partial charge in [-0.15, -0.1) is 12.4 Å². The van der Waals surface area contributed by atoms with Crippen LogP contribution in [0.3, 0.4) is 0 Å². The summed E-state index contributed by atoms with van der Waals surface area (Å²) < 4.78 is 17.0. The Hall–Kier alpha value is -1.56. The summed E-state index contributed by atoms with van der Waals surface area (Å²) in [6, 6.07) is 2.15. The Morgan fingerprint density at radius 3 is 2.68 bits per heavy atom. The minimum absolute atomic E-state index is 0. The average molecular weight is 288 g/mol. The van der Waals surface area contributed by atoms with Gasteiger partial charge in [-0.1, -0.05) is 0 Å². The predicted octanol–water partition coefficient (Wildman–Crippen LogP) is 2.85. The molecular formula is C12H19ClFN5. The van der Waals surface area contributed by atoms with E-state index in [1.54, 1.807) is 12.4 Å². The van der Waals surface area contributed by atoms with Crippen molar-refractivity contribution in [1.29, 1.82) is 0 Å². The summed E-state index contributed by atoms with van der Waals surface area (Å²) in [6.07, 6.45) is 3.29. The number of anilines is 1. The molecule has 0 bridgehead atoms. The quantitative estimate of drug-likeness (QED) is 0.920. The molecule has 0 aliphatic heterocycles. The molecule has 0 saturated carbocycles. The summed E-state index contributed by atoms with van der Waals surface area (Å²) in [6.45, 7) is 6.91. The van der Waals surface area contributed by atoms with Gasteiger partial charge in [0.05, 0.1) is 12.4 Å². The first-order valence-electron chi connectivity index (χ1n) is 6.11. The van der Waals surface area contributed by atoms with Gasteiger partial charge in [-0.2, -0.15) is 14.6 Å². The molecule has 106 valence electrons. The van der Waals surface area contributed by atoms with Crippen molar-refractivity contribution >= 4 is 18.2 Å². The molecule has 1 N–H and O–H groups in total. The molecule has 2 aromatic heterocycles. The Kier molecular flexibility index (Phi) is 5.35. The number of nitrogens with zero attached hydrogens (tertiary/aromatic N) is 4. The molecule has 2 rings (SSSR count). The monoisotopic (exact) mass is 287 g/mol. The van der Waals surface area contributed by atoms with Crippen molar-refractivity contribution in [2.24, 2.45) is 0 Å². The topological polar surface area (TPSA) is 47.7 Å². The summed E-state index contributed by atoms with van der Waals surface area (Å²) in [5.41, 5.74) is 0.563. The zero-order valence-electron chi connectivity index (χ0n) is 11.3. The number of hydrogen-bond acceptors (Lipinski definition) is 3. The first kappa shape index (κ1) is 15.5. The van der Waals surface area contributed by atoms with Crippen molar-refractivity contribution in [2.45, 2.75) is 39.9 Å². The predicted molar refractivity (Wildman–Crippen MR) is 75.0 cm³/mol. The Morgan fingerprint density at radius 2 is 2.11 bits per heavy atom. The highest BCUT2D eigenvalue weighted by Crippen LogP contribution is 2.15. The molecule has 0 spiro atoms. The number of aryl methyl sites for hydroxylation is 1. The highest BCUT2D eigenvalue weighted by atomic mass is 35.5. The van der Waals surface area contributed by atoms with Gasteiger partial charge in [-0.25, -0.2) is 9.36 Å². The van der Waals surface area contributed by atoms with E-state index in [1.807, 2.05) is 31.5 Å². The van der Waals surface area contributed by atoms with E-state index in [0.29, 0.717) is 18.7 Å². The van der Waals surface area contributed by atoms with Crippen LogP contribution in [0.15, 0.2) is 18.5 Å². The van der Waals surface area contributed by atoms with Gasteiger partial charge in [0.15, 0.2) is 0 Å². The molecule has 5 nitrogen and oxygen atoms in total. The summed E-state index contributed by atoms with van der Waals surface area (Å²) in [4.78, 5) is 0. The molecule has 2 aromatic rings. The molecular weight excluding hydrogens is 269 g/mol. The SMILES string of the molecule is CCn1ncc(CNc2ccnn2C(C)C)c1F.Cl. The third kappa shape index (κ3) is 3.26. The smallest absolute Gasteiger partial charge is 0.216 e. The lowest BCUT2D eigenvalue weighted by Gasteiger charge is -2.12. The third-order valence-electron chi connectivity index (χ3n) is 2.76. The van der Waals surface area contributed by atoms with Crippen molar-refractivity contribution in [3.05, 3.63) is 30.0 Å². The molecule has 0 aromatic carbocycles. The van der Waals surface area contributed by atoms with Gasteiger partial charge < -0.3 is 5.32 Å². The van der Waals surface area contributed by atoms with E-state index in [1.165, 1.54) is 4.68 Å². The Balaban J connectivity index is 0.00000180. The van der Waals surface area contributed by atoms with Crippen LogP contribution in [0, 0.1) is 5.95 Å². The maximum absolute atomic E-state index is 13.8. The maximum Gasteiger partial charge on any atom is 0.216 e. The lowest BCUT2D eigenvalue weighted by atomic mass is 10.3. The van der Waals surface area contributed by atoms with E-state index in [-0.39, 0.29) is 24.4 Å². The largest absolute Gasteiger partial charge is 0.366 e. The fraction of sp³-hybridized carbons (Fsp3) is 0.500. The number of aromatic nitrogens is 4. The van der Waals surface area contributed by atoms with Crippen molar-refractivity contribution in [3.63, 3.8) is 0 Å². The molecule has 0 aliphatic carbocycles. The van der Waals surface area contributed by atoms with Crippen LogP contribution in [0.25, 0.3) is 0 Å². The Bertz CT molecular complexity index is 520. The second kappa shape index (κ2) is 6.56. The van der Waals surface area contributed by atoms with Crippen LogP contribution in [0.5, 0.6) is 0 Å². The first-order chi connectivity index (χ1) is 8.63. The standard InChI is InChI=1S/C12H18FN5.ClH/c1-4-17-12(13)10(8-16-17)7-14-11-5-6-15-18(11)9(2)3;/h5-6,8-9,14H,4,7H2,1-3H3;1H. The van der Waals surface area contributed by atoms with E-state index in [0.717, 1.165) is 5.82 Å². The number of nitrogens with one attached hydrogen (secondary N) is 1. The third-order valence-corrected chi connectivity index (χ3v) is 2.76. The average Bonchev–Trinajstić information content (AvgIpc) is 2.93.